The summed E-state index contributed by atoms with van der Waals surface area (Å²) in [7, 11) is 7.27. The van der Waals surface area contributed by atoms with Crippen LogP contribution in [0.3, 0.4) is 0 Å². The number of tetrazole rings is 4. The Hall–Kier alpha value is -15.5. The summed E-state index contributed by atoms with van der Waals surface area (Å²) in [4.78, 5) is 75.4. The SMILES string of the molecule is CCCCC(=O)N(Cc1ccc(-c2ccccc2-c2nnnn2C)cc1)[C@H](C(=O)O)C(C)C.CCCCc1nc(Cl)c(C(=O)O)n1Cc1ccc(-c2ccccc2-c2nnnn2C)cc1.CCCc1nc(C(C)(C)O)c(C(=O)O)n1Cc1ccc(-c2ccccc2-c2nnnn2C)cc1.CCOc1nc2cccc(C(=O)O)c2n1Cc1ccc(-c2ccccc2-c2nn[nH][n+]2C)cc1. The number of aliphatic hydroxyl groups is 1. The molecule has 7 heterocycles. The number of ether oxygens (including phenoxy) is 1. The molecule has 0 spiro atoms. The minimum Gasteiger partial charge on any atom is -0.480 e. The van der Waals surface area contributed by atoms with Crippen molar-refractivity contribution in [3.63, 3.8) is 0 Å². The van der Waals surface area contributed by atoms with E-state index in [0.29, 0.717) is 91.7 Å². The first-order chi connectivity index (χ1) is 64.1. The van der Waals surface area contributed by atoms with Crippen LogP contribution >= 0.6 is 11.6 Å². The van der Waals surface area contributed by atoms with Crippen LogP contribution in [0.5, 0.6) is 6.01 Å². The molecule has 0 aliphatic carbocycles. The van der Waals surface area contributed by atoms with E-state index in [1.807, 2.05) is 241 Å². The molecule has 0 bridgehead atoms. The van der Waals surface area contributed by atoms with Crippen molar-refractivity contribution in [1.29, 1.82) is 0 Å². The molecular weight excluding hydrogens is 1710 g/mol. The average molecular weight is 1820 g/mol. The van der Waals surface area contributed by atoms with Crippen LogP contribution in [0.4, 0.5) is 0 Å². The number of carboxylic acid groups (broad SMARTS) is 4. The van der Waals surface area contributed by atoms with Crippen molar-refractivity contribution in [1.82, 2.24) is 110 Å². The zero-order chi connectivity index (χ0) is 94.7. The zero-order valence-electron chi connectivity index (χ0n) is 76.0. The number of nitrogens with one attached hydrogen (secondary N) is 1. The number of fused-ring (bicyclic) bond motifs is 1. The van der Waals surface area contributed by atoms with Crippen LogP contribution in [0.1, 0.15) is 165 Å². The molecule has 0 saturated heterocycles. The van der Waals surface area contributed by atoms with Crippen LogP contribution in [-0.4, -0.2) is 178 Å². The Morgan fingerprint density at radius 2 is 0.902 bits per heavy atom. The van der Waals surface area contributed by atoms with Gasteiger partial charge in [-0.25, -0.2) is 43.2 Å². The van der Waals surface area contributed by atoms with E-state index in [-0.39, 0.29) is 46.2 Å². The second kappa shape index (κ2) is 43.3. The number of unbranched alkanes of at least 4 members (excludes halogenated alkanes) is 2. The zero-order valence-corrected chi connectivity index (χ0v) is 76.7. The fraction of sp³-hybridized carbons (Fsp3) is 0.286. The first-order valence-electron chi connectivity index (χ1n) is 43.7. The van der Waals surface area contributed by atoms with Crippen molar-refractivity contribution in [3.05, 3.63) is 274 Å². The van der Waals surface area contributed by atoms with Crippen molar-refractivity contribution >= 4 is 52.4 Å². The van der Waals surface area contributed by atoms with Gasteiger partial charge in [0.2, 0.25) is 5.91 Å². The van der Waals surface area contributed by atoms with Crippen molar-refractivity contribution in [3.8, 4) is 96.1 Å². The van der Waals surface area contributed by atoms with Crippen LogP contribution in [0.2, 0.25) is 5.15 Å². The maximum atomic E-state index is 12.9. The Bertz CT molecular complexity index is 6740. The average Bonchev–Trinajstić information content (AvgIpc) is 1.63. The molecule has 0 saturated carbocycles. The molecule has 684 valence electrons. The normalized spacial score (nSPS) is 11.5. The molecule has 34 nitrogen and oxygen atoms in total. The lowest BCUT2D eigenvalue weighted by atomic mass is 9.97. The van der Waals surface area contributed by atoms with Gasteiger partial charge in [-0.3, -0.25) is 9.36 Å². The summed E-state index contributed by atoms with van der Waals surface area (Å²) in [6.07, 6.45) is 5.99. The fourth-order valence-electron chi connectivity index (χ4n) is 15.9. The molecule has 0 aliphatic rings. The third-order valence-corrected chi connectivity index (χ3v) is 22.7. The van der Waals surface area contributed by atoms with Crippen LogP contribution in [0.25, 0.3) is 101 Å². The number of carbonyl (C=O) groups is 5. The highest BCUT2D eigenvalue weighted by Crippen LogP contribution is 2.38. The highest BCUT2D eigenvalue weighted by Gasteiger charge is 2.35. The van der Waals surface area contributed by atoms with Gasteiger partial charge in [-0.15, -0.1) is 15.3 Å². The quantitative estimate of drug-likeness (QED) is 0.0208. The van der Waals surface area contributed by atoms with Gasteiger partial charge >= 0.3 is 29.7 Å². The highest BCUT2D eigenvalue weighted by atomic mass is 35.5. The van der Waals surface area contributed by atoms with Crippen LogP contribution in [0.15, 0.2) is 212 Å². The maximum absolute atomic E-state index is 12.9. The minimum absolute atomic E-state index is 0.0279. The van der Waals surface area contributed by atoms with Crippen molar-refractivity contribution < 1.29 is 58.9 Å². The van der Waals surface area contributed by atoms with Crippen LogP contribution in [0, 0.1) is 5.92 Å². The molecule has 1 atom stereocenters. The van der Waals surface area contributed by atoms with Crippen molar-refractivity contribution in [2.45, 2.75) is 145 Å². The summed E-state index contributed by atoms with van der Waals surface area (Å²) in [6, 6.07) is 68.4. The summed E-state index contributed by atoms with van der Waals surface area (Å²) in [5.74, 6) is -0.350. The number of halogens is 1. The molecule has 0 aliphatic heterocycles. The van der Waals surface area contributed by atoms with E-state index < -0.39 is 35.5 Å². The largest absolute Gasteiger partial charge is 0.480 e. The number of aliphatic carboxylic acids is 1. The summed E-state index contributed by atoms with van der Waals surface area (Å²) < 4.78 is 17.6. The Morgan fingerprint density at radius 1 is 0.481 bits per heavy atom. The number of aromatic amines is 1. The predicted octanol–water partition coefficient (Wildman–Crippen LogP) is 15.8. The third-order valence-electron chi connectivity index (χ3n) is 22.4. The topological polar surface area (TPSA) is 429 Å². The number of nitrogens with zero attached hydrogens (tertiary/aromatic N) is 22. The lowest BCUT2D eigenvalue weighted by Gasteiger charge is -2.32. The molecule has 133 heavy (non-hydrogen) atoms. The number of benzene rings is 9. The predicted molar refractivity (Wildman–Crippen MR) is 500 cm³/mol. The number of aromatic carboxylic acids is 3. The van der Waals surface area contributed by atoms with Crippen molar-refractivity contribution in [2.24, 2.45) is 34.1 Å². The van der Waals surface area contributed by atoms with Gasteiger partial charge in [-0.2, -0.15) is 9.67 Å². The van der Waals surface area contributed by atoms with Gasteiger partial charge in [-0.05, 0) is 162 Å². The number of aryl methyl sites for hydroxylation is 6. The van der Waals surface area contributed by atoms with E-state index in [0.717, 1.165) is 127 Å². The van der Waals surface area contributed by atoms with Crippen molar-refractivity contribution in [2.75, 3.05) is 6.61 Å². The molecule has 1 amide bonds. The number of amides is 1. The maximum Gasteiger partial charge on any atom is 0.355 e. The Morgan fingerprint density at radius 3 is 1.29 bits per heavy atom. The molecular formula is C98H105ClN23O11+. The molecule has 35 heteroatoms. The Kier molecular flexibility index (Phi) is 31.0. The van der Waals surface area contributed by atoms with Gasteiger partial charge in [-0.1, -0.05) is 258 Å². The van der Waals surface area contributed by atoms with E-state index >= 15 is 0 Å². The van der Waals surface area contributed by atoms with E-state index in [1.54, 1.807) is 74.0 Å². The summed E-state index contributed by atoms with van der Waals surface area (Å²) in [6.45, 7) is 16.6. The second-order valence-corrected chi connectivity index (χ2v) is 33.0. The van der Waals surface area contributed by atoms with Gasteiger partial charge in [0.1, 0.15) is 34.1 Å². The molecule has 16 aromatic rings. The van der Waals surface area contributed by atoms with E-state index in [9.17, 15) is 49.5 Å². The first-order valence-corrected chi connectivity index (χ1v) is 44.1. The van der Waals surface area contributed by atoms with Gasteiger partial charge in [0, 0.05) is 76.7 Å². The van der Waals surface area contributed by atoms with Crippen LogP contribution < -0.4 is 9.42 Å². The number of carboxylic acids is 4. The molecule has 7 aromatic heterocycles. The smallest absolute Gasteiger partial charge is 0.355 e. The number of hydrogen-bond acceptors (Lipinski definition) is 21. The van der Waals surface area contributed by atoms with Gasteiger partial charge < -0.3 is 44.3 Å². The second-order valence-electron chi connectivity index (χ2n) is 32.7. The van der Waals surface area contributed by atoms with Gasteiger partial charge in [0.25, 0.3) is 6.01 Å². The fourth-order valence-corrected chi connectivity index (χ4v) is 16.2. The standard InChI is InChI=1S/C25H22N6O3.C25H28N6O3.C25H31N5O3.C23H23ClN6O2/c1-3-34-25-26-21-10-6-9-20(24(32)33)22(21)31(25)15-16-11-13-17(14-12-16)18-7-4-5-8-19(18)23-27-28-29-30(23)2;1-5-8-20-26-22(25(2,3)34)21(24(32)33)31(20)15-16-11-13-17(14-12-16)18-9-6-7-10-19(18)23-27-28-29-30(23)4;1-5-6-11-22(31)30(23(17(2)3)25(32)33)16-18-12-14-19(15-13-18)20-9-7-8-10-21(20)24-26-27-28-29(24)4;1-3-4-9-19-25-21(24)20(23(31)32)30(19)14-15-10-12-16(13-11-15)17-7-5-6-8-18(17)22-26-27-28-29(22)2/h4-14H,3,15H2,1-2H3,(H,32,33);6-7,9-14,34H,5,8,15H2,1-4H3,(H,32,33);7-10,12-15,17,23H,5-6,11,16H2,1-4H3,(H,32,33);5-8,10-13H,3-4,9,14H2,1-2H3,(H,31,32)/p+1/t;;23-;/m..0./s1. The number of imidazole rings is 3. The number of aromatic nitrogens is 22. The summed E-state index contributed by atoms with van der Waals surface area (Å²) in [5, 5.41) is 95.9. The monoisotopic (exact) mass is 1810 g/mol. The third kappa shape index (κ3) is 22.2. The van der Waals surface area contributed by atoms with Crippen LogP contribution in [-0.2, 0) is 82.4 Å². The van der Waals surface area contributed by atoms with E-state index in [4.69, 9.17) is 16.3 Å². The molecule has 0 fully saturated rings. The Labute approximate surface area is 772 Å². The molecule has 16 rings (SSSR count). The Balaban J connectivity index is 0.000000151. The lowest BCUT2D eigenvalue weighted by molar-refractivity contribution is -0.721. The molecule has 6 N–H and O–H groups in total. The summed E-state index contributed by atoms with van der Waals surface area (Å²) in [5.41, 5.74) is 15.8. The number of hydrogen-bond donors (Lipinski definition) is 6. The first kappa shape index (κ1) is 95.1. The lowest BCUT2D eigenvalue weighted by Crippen LogP contribution is -2.47. The van der Waals surface area contributed by atoms with Gasteiger partial charge in [0.05, 0.1) is 42.4 Å². The summed E-state index contributed by atoms with van der Waals surface area (Å²) >= 11 is 6.14. The minimum atomic E-state index is -1.36. The highest BCUT2D eigenvalue weighted by molar-refractivity contribution is 6.32. The number of para-hydroxylation sites is 1. The molecule has 9 aromatic carbocycles. The van der Waals surface area contributed by atoms with E-state index in [2.05, 4.69) is 90.0 Å². The van der Waals surface area contributed by atoms with E-state index in [1.165, 1.54) is 4.90 Å². The molecule has 0 radical (unpaired) electrons. The number of rotatable bonds is 33. The van der Waals surface area contributed by atoms with Gasteiger partial charge in [0.15, 0.2) is 39.2 Å². The number of carbonyl (C=O) groups excluding carboxylic acids is 1. The number of H-pyrrole nitrogens is 1. The molecule has 0 unspecified atom stereocenters.